The van der Waals surface area contributed by atoms with E-state index < -0.39 is 0 Å². The summed E-state index contributed by atoms with van der Waals surface area (Å²) in [6.45, 7) is 0. The number of hydrogen-bond acceptors (Lipinski definition) is 0. The zero-order chi connectivity index (χ0) is 10.8. The third kappa shape index (κ3) is 1.90. The van der Waals surface area contributed by atoms with Crippen LogP contribution >= 0.6 is 0 Å². The predicted octanol–water partition coefficient (Wildman–Crippen LogP) is 3.45. The van der Waals surface area contributed by atoms with Crippen molar-refractivity contribution in [1.29, 1.82) is 0 Å². The van der Waals surface area contributed by atoms with Gasteiger partial charge in [-0.15, -0.1) is 0 Å². The maximum absolute atomic E-state index is 3.58. The highest BCUT2D eigenvalue weighted by molar-refractivity contribution is 7.97. The van der Waals surface area contributed by atoms with Crippen LogP contribution in [0.2, 0.25) is 0 Å². The van der Waals surface area contributed by atoms with E-state index in [-0.39, 0.29) is 0 Å². The maximum Gasteiger partial charge on any atom is 0.225 e. The van der Waals surface area contributed by atoms with Gasteiger partial charge in [0.25, 0.3) is 0 Å². The molecule has 1 N–H and O–H groups in total. The Morgan fingerprint density at radius 3 is 2.38 bits per heavy atom. The van der Waals surface area contributed by atoms with Gasteiger partial charge in [-0.05, 0) is 24.5 Å². The summed E-state index contributed by atoms with van der Waals surface area (Å²) in [6, 6.07) is 15.1. The zero-order valence-corrected chi connectivity index (χ0v) is 10.1. The minimum Gasteiger partial charge on any atom is -0.316 e. The molecule has 0 unspecified atom stereocenters. The highest BCUT2D eigenvalue weighted by Crippen LogP contribution is 2.25. The minimum absolute atomic E-state index is 0.501. The third-order valence-electron chi connectivity index (χ3n) is 3.09. The Hall–Kier alpha value is -1.15. The molecule has 2 heteroatoms. The van der Waals surface area contributed by atoms with Gasteiger partial charge in [-0.3, -0.25) is 0 Å². The van der Waals surface area contributed by atoms with Gasteiger partial charge in [0.15, 0.2) is 0 Å². The summed E-state index contributed by atoms with van der Waals surface area (Å²) in [6.07, 6.45) is 2.81. The van der Waals surface area contributed by atoms with Gasteiger partial charge in [-0.2, -0.15) is 0 Å². The second-order valence-electron chi connectivity index (χ2n) is 4.21. The summed E-state index contributed by atoms with van der Waals surface area (Å²) >= 11 is 0. The molecule has 0 aliphatic carbocycles. The van der Waals surface area contributed by atoms with E-state index in [0.717, 1.165) is 0 Å². The molecule has 0 bridgehead atoms. The molecule has 82 valence electrons. The van der Waals surface area contributed by atoms with Gasteiger partial charge in [0.05, 0.1) is 0 Å². The number of hydrogen-bond donors (Lipinski definition) is 1. The minimum atomic E-state index is 0.501. The zero-order valence-electron chi connectivity index (χ0n) is 9.28. The van der Waals surface area contributed by atoms with Gasteiger partial charge in [-0.25, -0.2) is 0 Å². The Morgan fingerprint density at radius 2 is 1.62 bits per heavy atom. The van der Waals surface area contributed by atoms with Crippen LogP contribution in [0.15, 0.2) is 47.5 Å². The van der Waals surface area contributed by atoms with Gasteiger partial charge >= 0.3 is 0 Å². The number of H-pyrrole nitrogens is 1. The average molecular weight is 230 g/mol. The molecule has 1 aliphatic heterocycles. The van der Waals surface area contributed by atoms with Gasteiger partial charge in [0.1, 0.15) is 11.5 Å². The quantitative estimate of drug-likeness (QED) is 0.761. The van der Waals surface area contributed by atoms with Crippen molar-refractivity contribution < 1.29 is 0 Å². The highest BCUT2D eigenvalue weighted by atomic mass is 32.2. The van der Waals surface area contributed by atoms with E-state index in [4.69, 9.17) is 0 Å². The first-order chi connectivity index (χ1) is 7.93. The normalized spacial score (nSPS) is 16.8. The summed E-state index contributed by atoms with van der Waals surface area (Å²) in [5, 5.41) is 1.45. The molecule has 3 rings (SSSR count). The van der Waals surface area contributed by atoms with Crippen molar-refractivity contribution in [3.05, 3.63) is 42.5 Å². The van der Waals surface area contributed by atoms with Crippen molar-refractivity contribution in [2.75, 3.05) is 11.5 Å². The Labute approximate surface area is 99.2 Å². The summed E-state index contributed by atoms with van der Waals surface area (Å²) in [5.74, 6) is 2.77. The second kappa shape index (κ2) is 4.38. The van der Waals surface area contributed by atoms with Crippen molar-refractivity contribution >= 4 is 10.9 Å². The summed E-state index contributed by atoms with van der Waals surface area (Å²) in [4.78, 5) is 3.58. The summed E-state index contributed by atoms with van der Waals surface area (Å²) < 4.78 is 0. The van der Waals surface area contributed by atoms with Crippen molar-refractivity contribution in [2.24, 2.45) is 0 Å². The third-order valence-corrected chi connectivity index (χ3v) is 5.51. The Bertz CT molecular complexity index is 455. The smallest absolute Gasteiger partial charge is 0.225 e. The monoisotopic (exact) mass is 230 g/mol. The Balaban J connectivity index is 1.87. The molecule has 0 spiro atoms. The summed E-state index contributed by atoms with van der Waals surface area (Å²) in [7, 11) is 0.501. The van der Waals surface area contributed by atoms with E-state index in [1.54, 1.807) is 0 Å². The van der Waals surface area contributed by atoms with Crippen molar-refractivity contribution in [3.63, 3.8) is 0 Å². The number of nitrogens with one attached hydrogen (secondary N) is 1. The van der Waals surface area contributed by atoms with Crippen molar-refractivity contribution in [1.82, 2.24) is 4.98 Å². The lowest BCUT2D eigenvalue weighted by molar-refractivity contribution is 0.949. The molecule has 0 radical (unpaired) electrons. The van der Waals surface area contributed by atoms with E-state index in [0.29, 0.717) is 10.9 Å². The lowest BCUT2D eigenvalue weighted by Crippen LogP contribution is -2.03. The fourth-order valence-electron chi connectivity index (χ4n) is 2.20. The molecule has 0 atom stereocenters. The number of rotatable bonds is 2. The van der Waals surface area contributed by atoms with Crippen LogP contribution in [0.4, 0.5) is 0 Å². The van der Waals surface area contributed by atoms with E-state index in [1.165, 1.54) is 40.6 Å². The van der Waals surface area contributed by atoms with E-state index in [1.807, 2.05) is 0 Å². The lowest BCUT2D eigenvalue weighted by Gasteiger charge is -1.97. The SMILES string of the molecule is c1ccc(-c2ccc([S+]3CCCC3)[nH]2)cc1. The molecule has 1 nitrogen and oxygen atoms in total. The maximum atomic E-state index is 3.58. The topological polar surface area (TPSA) is 15.8 Å². The molecular weight excluding hydrogens is 214 g/mol. The van der Waals surface area contributed by atoms with Crippen LogP contribution in [0.3, 0.4) is 0 Å². The van der Waals surface area contributed by atoms with Crippen molar-refractivity contribution in [3.8, 4) is 11.3 Å². The van der Waals surface area contributed by atoms with Crippen LogP contribution in [0.25, 0.3) is 11.3 Å². The Kier molecular flexibility index (Phi) is 2.75. The molecule has 2 aromatic rings. The van der Waals surface area contributed by atoms with Crippen molar-refractivity contribution in [2.45, 2.75) is 17.9 Å². The average Bonchev–Trinajstić information content (AvgIpc) is 3.01. The largest absolute Gasteiger partial charge is 0.316 e. The lowest BCUT2D eigenvalue weighted by atomic mass is 10.2. The Morgan fingerprint density at radius 1 is 0.875 bits per heavy atom. The number of aromatic amines is 1. The van der Waals surface area contributed by atoms with E-state index in [2.05, 4.69) is 47.4 Å². The standard InChI is InChI=1S/C14H16NS/c1-2-6-12(7-3-1)13-8-9-14(15-13)16-10-4-5-11-16/h1-3,6-9,15H,4-5,10-11H2/q+1. The second-order valence-corrected chi connectivity index (χ2v) is 6.45. The molecule has 0 amide bonds. The first-order valence-electron chi connectivity index (χ1n) is 5.85. The van der Waals surface area contributed by atoms with Crippen LogP contribution in [-0.4, -0.2) is 16.5 Å². The molecule has 16 heavy (non-hydrogen) atoms. The fraction of sp³-hybridized carbons (Fsp3) is 0.286. The molecule has 0 saturated carbocycles. The van der Waals surface area contributed by atoms with Gasteiger partial charge in [0, 0.05) is 22.7 Å². The van der Waals surface area contributed by atoms with E-state index >= 15 is 0 Å². The molecule has 1 saturated heterocycles. The van der Waals surface area contributed by atoms with Gasteiger partial charge in [0.2, 0.25) is 5.03 Å². The fourth-order valence-corrected chi connectivity index (χ4v) is 4.47. The first-order valence-corrected chi connectivity index (χ1v) is 7.42. The molecule has 2 heterocycles. The van der Waals surface area contributed by atoms with Crippen LogP contribution in [0.1, 0.15) is 12.8 Å². The highest BCUT2D eigenvalue weighted by Gasteiger charge is 2.28. The molecular formula is C14H16NS+. The van der Waals surface area contributed by atoms with E-state index in [9.17, 15) is 0 Å². The first kappa shape index (κ1) is 10.0. The van der Waals surface area contributed by atoms with Crippen LogP contribution in [0, 0.1) is 0 Å². The molecule has 1 aromatic carbocycles. The molecule has 1 aliphatic rings. The number of aromatic nitrogens is 1. The number of benzene rings is 1. The van der Waals surface area contributed by atoms with Crippen LogP contribution in [0.5, 0.6) is 0 Å². The predicted molar refractivity (Wildman–Crippen MR) is 70.8 cm³/mol. The molecule has 1 aromatic heterocycles. The van der Waals surface area contributed by atoms with Crippen LogP contribution < -0.4 is 0 Å². The summed E-state index contributed by atoms with van der Waals surface area (Å²) in [5.41, 5.74) is 2.55. The van der Waals surface area contributed by atoms with Crippen LogP contribution in [-0.2, 0) is 10.9 Å². The van der Waals surface area contributed by atoms with Gasteiger partial charge < -0.3 is 4.98 Å². The van der Waals surface area contributed by atoms with Gasteiger partial charge in [-0.1, -0.05) is 30.3 Å². The molecule has 1 fully saturated rings.